The van der Waals surface area contributed by atoms with Crippen molar-refractivity contribution in [1.82, 2.24) is 20.2 Å². The number of anilines is 1. The maximum absolute atomic E-state index is 6.22. The standard InChI is InChI=1S/C21H24ClN5/c1-15-8-6-9-16(2)19(15)27-20(24-25-26-27)21(12-4-3-5-13-21)23-18-11-7-10-17(22)14-18/h6-11,14,23H,3-5,12-13H2,1-2H3. The first kappa shape index (κ1) is 18.0. The number of hydrogen-bond donors (Lipinski definition) is 1. The largest absolute Gasteiger partial charge is 0.373 e. The molecule has 1 N–H and O–H groups in total. The summed E-state index contributed by atoms with van der Waals surface area (Å²) in [6.45, 7) is 4.21. The molecule has 3 aromatic rings. The molecule has 1 fully saturated rings. The van der Waals surface area contributed by atoms with E-state index in [1.54, 1.807) is 0 Å². The van der Waals surface area contributed by atoms with E-state index in [0.717, 1.165) is 59.0 Å². The van der Waals surface area contributed by atoms with Gasteiger partial charge in [0.25, 0.3) is 0 Å². The van der Waals surface area contributed by atoms with Crippen LogP contribution in [0.15, 0.2) is 42.5 Å². The smallest absolute Gasteiger partial charge is 0.181 e. The lowest BCUT2D eigenvalue weighted by atomic mass is 9.80. The number of halogens is 1. The number of nitrogens with one attached hydrogen (secondary N) is 1. The lowest BCUT2D eigenvalue weighted by Gasteiger charge is -2.38. The van der Waals surface area contributed by atoms with Gasteiger partial charge in [-0.3, -0.25) is 0 Å². The van der Waals surface area contributed by atoms with Gasteiger partial charge in [0.15, 0.2) is 5.82 Å². The Morgan fingerprint density at radius 3 is 2.41 bits per heavy atom. The minimum Gasteiger partial charge on any atom is -0.373 e. The third-order valence-corrected chi connectivity index (χ3v) is 5.70. The van der Waals surface area contributed by atoms with Crippen LogP contribution < -0.4 is 5.32 Å². The van der Waals surface area contributed by atoms with Gasteiger partial charge in [-0.1, -0.05) is 55.1 Å². The van der Waals surface area contributed by atoms with Crippen LogP contribution in [0.4, 0.5) is 5.69 Å². The molecule has 5 nitrogen and oxygen atoms in total. The van der Waals surface area contributed by atoms with E-state index in [-0.39, 0.29) is 5.54 Å². The second-order valence-electron chi connectivity index (χ2n) is 7.43. The zero-order chi connectivity index (χ0) is 18.9. The van der Waals surface area contributed by atoms with E-state index >= 15 is 0 Å². The quantitative estimate of drug-likeness (QED) is 0.674. The number of aryl methyl sites for hydroxylation is 2. The van der Waals surface area contributed by atoms with Crippen LogP contribution in [0.3, 0.4) is 0 Å². The average Bonchev–Trinajstić information content (AvgIpc) is 3.12. The van der Waals surface area contributed by atoms with Gasteiger partial charge >= 0.3 is 0 Å². The summed E-state index contributed by atoms with van der Waals surface area (Å²) >= 11 is 6.22. The van der Waals surface area contributed by atoms with Gasteiger partial charge in [-0.05, 0) is 66.4 Å². The van der Waals surface area contributed by atoms with E-state index in [0.29, 0.717) is 0 Å². The lowest BCUT2D eigenvalue weighted by molar-refractivity contribution is 0.309. The molecule has 1 heterocycles. The predicted octanol–water partition coefficient (Wildman–Crippen LogP) is 5.20. The summed E-state index contributed by atoms with van der Waals surface area (Å²) < 4.78 is 1.92. The highest BCUT2D eigenvalue weighted by Gasteiger charge is 2.39. The van der Waals surface area contributed by atoms with Crippen LogP contribution in [0, 0.1) is 13.8 Å². The van der Waals surface area contributed by atoms with Crippen LogP contribution in [0.25, 0.3) is 5.69 Å². The van der Waals surface area contributed by atoms with E-state index < -0.39 is 0 Å². The highest BCUT2D eigenvalue weighted by Crippen LogP contribution is 2.40. The fourth-order valence-electron chi connectivity index (χ4n) is 4.18. The van der Waals surface area contributed by atoms with Crippen molar-refractivity contribution in [2.45, 2.75) is 51.5 Å². The van der Waals surface area contributed by atoms with Crippen molar-refractivity contribution in [2.24, 2.45) is 0 Å². The number of aromatic nitrogens is 4. The first-order chi connectivity index (χ1) is 13.1. The van der Waals surface area contributed by atoms with Gasteiger partial charge in [0.2, 0.25) is 0 Å². The highest BCUT2D eigenvalue weighted by atomic mass is 35.5. The minimum absolute atomic E-state index is 0.304. The Kier molecular flexibility index (Phi) is 4.87. The Balaban J connectivity index is 1.82. The fraction of sp³-hybridized carbons (Fsp3) is 0.381. The Morgan fingerprint density at radius 1 is 1.00 bits per heavy atom. The second-order valence-corrected chi connectivity index (χ2v) is 7.87. The third-order valence-electron chi connectivity index (χ3n) is 5.46. The molecule has 0 aliphatic heterocycles. The van der Waals surface area contributed by atoms with Crippen LogP contribution >= 0.6 is 11.6 Å². The first-order valence-corrected chi connectivity index (χ1v) is 9.86. The number of tetrazole rings is 1. The van der Waals surface area contributed by atoms with E-state index in [1.807, 2.05) is 22.9 Å². The maximum Gasteiger partial charge on any atom is 0.181 e. The molecular weight excluding hydrogens is 358 g/mol. The number of hydrogen-bond acceptors (Lipinski definition) is 4. The number of benzene rings is 2. The molecule has 1 aliphatic rings. The molecule has 1 saturated carbocycles. The normalized spacial score (nSPS) is 16.3. The van der Waals surface area contributed by atoms with Crippen LogP contribution in [-0.4, -0.2) is 20.2 Å². The SMILES string of the molecule is Cc1cccc(C)c1-n1nnnc1C1(Nc2cccc(Cl)c2)CCCCC1. The van der Waals surface area contributed by atoms with Crippen molar-refractivity contribution in [3.63, 3.8) is 0 Å². The van der Waals surface area contributed by atoms with E-state index in [1.165, 1.54) is 6.42 Å². The second kappa shape index (κ2) is 7.31. The molecule has 0 unspecified atom stereocenters. The van der Waals surface area contributed by atoms with Gasteiger partial charge in [0, 0.05) is 10.7 Å². The topological polar surface area (TPSA) is 55.6 Å². The Labute approximate surface area is 164 Å². The third kappa shape index (κ3) is 3.44. The summed E-state index contributed by atoms with van der Waals surface area (Å²) in [5, 5.41) is 17.4. The number of nitrogens with zero attached hydrogens (tertiary/aromatic N) is 4. The van der Waals surface area contributed by atoms with Crippen molar-refractivity contribution in [3.05, 3.63) is 64.4 Å². The summed E-state index contributed by atoms with van der Waals surface area (Å²) in [5.74, 6) is 0.875. The van der Waals surface area contributed by atoms with E-state index in [2.05, 4.69) is 59.0 Å². The Bertz CT molecular complexity index is 923. The summed E-state index contributed by atoms with van der Waals surface area (Å²) in [5.41, 5.74) is 4.09. The molecule has 1 aliphatic carbocycles. The van der Waals surface area contributed by atoms with Gasteiger partial charge in [-0.2, -0.15) is 4.68 Å². The molecule has 0 spiro atoms. The molecule has 0 saturated heterocycles. The molecule has 1 aromatic heterocycles. The fourth-order valence-corrected chi connectivity index (χ4v) is 4.37. The molecule has 0 radical (unpaired) electrons. The average molecular weight is 382 g/mol. The van der Waals surface area contributed by atoms with Crippen molar-refractivity contribution < 1.29 is 0 Å². The van der Waals surface area contributed by atoms with Gasteiger partial charge in [-0.15, -0.1) is 5.10 Å². The Hall–Kier alpha value is -2.40. The molecule has 140 valence electrons. The highest BCUT2D eigenvalue weighted by molar-refractivity contribution is 6.30. The van der Waals surface area contributed by atoms with E-state index in [9.17, 15) is 0 Å². The molecule has 27 heavy (non-hydrogen) atoms. The summed E-state index contributed by atoms with van der Waals surface area (Å²) in [6.07, 6.45) is 5.51. The lowest BCUT2D eigenvalue weighted by Crippen LogP contribution is -2.40. The summed E-state index contributed by atoms with van der Waals surface area (Å²) in [4.78, 5) is 0. The monoisotopic (exact) mass is 381 g/mol. The van der Waals surface area contributed by atoms with Crippen LogP contribution in [0.1, 0.15) is 49.1 Å². The summed E-state index contributed by atoms with van der Waals surface area (Å²) in [7, 11) is 0. The maximum atomic E-state index is 6.22. The molecule has 0 bridgehead atoms. The van der Waals surface area contributed by atoms with Crippen LogP contribution in [0.5, 0.6) is 0 Å². The van der Waals surface area contributed by atoms with Crippen molar-refractivity contribution in [3.8, 4) is 5.69 Å². The Morgan fingerprint density at radius 2 is 1.70 bits per heavy atom. The number of rotatable bonds is 4. The van der Waals surface area contributed by atoms with E-state index in [4.69, 9.17) is 11.6 Å². The molecule has 2 aromatic carbocycles. The number of para-hydroxylation sites is 1. The minimum atomic E-state index is -0.304. The predicted molar refractivity (Wildman–Crippen MR) is 108 cm³/mol. The molecule has 0 amide bonds. The van der Waals surface area contributed by atoms with Gasteiger partial charge in [-0.25, -0.2) is 0 Å². The van der Waals surface area contributed by atoms with Crippen molar-refractivity contribution in [2.75, 3.05) is 5.32 Å². The molecule has 0 atom stereocenters. The zero-order valence-electron chi connectivity index (χ0n) is 15.7. The van der Waals surface area contributed by atoms with Gasteiger partial charge in [0.1, 0.15) is 0 Å². The molecular formula is C21H24ClN5. The first-order valence-electron chi connectivity index (χ1n) is 9.48. The van der Waals surface area contributed by atoms with Gasteiger partial charge in [0.05, 0.1) is 11.2 Å². The summed E-state index contributed by atoms with van der Waals surface area (Å²) in [6, 6.07) is 14.1. The molecule has 4 rings (SSSR count). The zero-order valence-corrected chi connectivity index (χ0v) is 16.5. The van der Waals surface area contributed by atoms with Crippen LogP contribution in [-0.2, 0) is 5.54 Å². The van der Waals surface area contributed by atoms with Gasteiger partial charge < -0.3 is 5.32 Å². The molecule has 6 heteroatoms. The van der Waals surface area contributed by atoms with Crippen molar-refractivity contribution in [1.29, 1.82) is 0 Å². The van der Waals surface area contributed by atoms with Crippen LogP contribution in [0.2, 0.25) is 5.02 Å². The van der Waals surface area contributed by atoms with Crippen molar-refractivity contribution >= 4 is 17.3 Å².